The molecule has 0 saturated heterocycles. The topological polar surface area (TPSA) is 86.3 Å². The first-order chi connectivity index (χ1) is 7.51. The van der Waals surface area contributed by atoms with Gasteiger partial charge in [-0.3, -0.25) is 20.2 Å². The van der Waals surface area contributed by atoms with E-state index in [2.05, 4.69) is 0 Å². The first kappa shape index (κ1) is 12.7. The second-order valence-corrected chi connectivity index (χ2v) is 3.43. The van der Waals surface area contributed by atoms with Gasteiger partial charge < -0.3 is 0 Å². The Bertz CT molecular complexity index is 415. The van der Waals surface area contributed by atoms with Gasteiger partial charge in [-0.1, -0.05) is 0 Å². The smallest absolute Gasteiger partial charge is 0.258 e. The van der Waals surface area contributed by atoms with Gasteiger partial charge in [0.1, 0.15) is 5.56 Å². The van der Waals surface area contributed by atoms with Crippen molar-refractivity contribution in [2.75, 3.05) is 0 Å². The highest BCUT2D eigenvalue weighted by atomic mass is 35.5. The van der Waals surface area contributed by atoms with E-state index >= 15 is 0 Å². The Morgan fingerprint density at radius 3 is 1.69 bits per heavy atom. The van der Waals surface area contributed by atoms with Crippen LogP contribution in [0.15, 0.2) is 12.1 Å². The maximum Gasteiger partial charge on any atom is 0.281 e. The van der Waals surface area contributed by atoms with Crippen LogP contribution in [0, 0.1) is 20.2 Å². The van der Waals surface area contributed by atoms with Gasteiger partial charge in [0.05, 0.1) is 15.7 Å². The molecule has 0 aliphatic rings. The molecule has 16 heavy (non-hydrogen) atoms. The molecule has 0 aliphatic heterocycles. The summed E-state index contributed by atoms with van der Waals surface area (Å²) < 4.78 is 0. The SMILES string of the molecule is O=[N+]([O-])c1cc(CCl)cc([N+](=O)[O-])c1CCl. The average Bonchev–Trinajstić information content (AvgIpc) is 2.26. The fraction of sp³-hybridized carbons (Fsp3) is 0.250. The lowest BCUT2D eigenvalue weighted by Gasteiger charge is -2.03. The van der Waals surface area contributed by atoms with Crippen LogP contribution >= 0.6 is 23.2 Å². The number of halogens is 2. The van der Waals surface area contributed by atoms with Gasteiger partial charge in [0.25, 0.3) is 11.4 Å². The minimum absolute atomic E-state index is 0.0375. The van der Waals surface area contributed by atoms with E-state index in [1.807, 2.05) is 0 Å². The molecule has 0 atom stereocenters. The van der Waals surface area contributed by atoms with E-state index in [1.165, 1.54) is 12.1 Å². The Labute approximate surface area is 100 Å². The summed E-state index contributed by atoms with van der Waals surface area (Å²) in [6.07, 6.45) is 0. The van der Waals surface area contributed by atoms with Gasteiger partial charge in [-0.15, -0.1) is 23.2 Å². The average molecular weight is 265 g/mol. The van der Waals surface area contributed by atoms with Crippen LogP contribution in [-0.4, -0.2) is 9.85 Å². The molecule has 0 aliphatic carbocycles. The quantitative estimate of drug-likeness (QED) is 0.475. The number of hydrogen-bond donors (Lipinski definition) is 0. The van der Waals surface area contributed by atoms with Crippen molar-refractivity contribution in [2.24, 2.45) is 0 Å². The number of nitro groups is 2. The standard InChI is InChI=1S/C8H6Cl2N2O4/c9-3-5-1-7(11(13)14)6(4-10)8(2-5)12(15)16/h1-2H,3-4H2. The number of rotatable bonds is 4. The number of nitrogens with zero attached hydrogens (tertiary/aromatic N) is 2. The zero-order chi connectivity index (χ0) is 12.3. The summed E-state index contributed by atoms with van der Waals surface area (Å²) >= 11 is 11.0. The lowest BCUT2D eigenvalue weighted by Crippen LogP contribution is -2.01. The monoisotopic (exact) mass is 264 g/mol. The molecule has 0 heterocycles. The van der Waals surface area contributed by atoms with Gasteiger partial charge in [-0.05, 0) is 5.56 Å². The molecule has 86 valence electrons. The highest BCUT2D eigenvalue weighted by Gasteiger charge is 2.25. The molecule has 0 N–H and O–H groups in total. The van der Waals surface area contributed by atoms with Crippen LogP contribution in [0.5, 0.6) is 0 Å². The third kappa shape index (κ3) is 2.40. The van der Waals surface area contributed by atoms with E-state index in [-0.39, 0.29) is 28.7 Å². The summed E-state index contributed by atoms with van der Waals surface area (Å²) in [4.78, 5) is 20.0. The molecule has 0 radical (unpaired) electrons. The van der Waals surface area contributed by atoms with Crippen LogP contribution in [0.1, 0.15) is 11.1 Å². The summed E-state index contributed by atoms with van der Waals surface area (Å²) in [5.74, 6) is -0.334. The lowest BCUT2D eigenvalue weighted by atomic mass is 10.1. The molecule has 0 unspecified atom stereocenters. The Morgan fingerprint density at radius 1 is 1.00 bits per heavy atom. The second-order valence-electron chi connectivity index (χ2n) is 2.89. The van der Waals surface area contributed by atoms with Crippen LogP contribution in [0.4, 0.5) is 11.4 Å². The maximum absolute atomic E-state index is 10.7. The Morgan fingerprint density at radius 2 is 1.44 bits per heavy atom. The predicted octanol–water partition coefficient (Wildman–Crippen LogP) is 2.98. The van der Waals surface area contributed by atoms with Crippen molar-refractivity contribution >= 4 is 34.6 Å². The molecule has 0 bridgehead atoms. The molecular formula is C8H6Cl2N2O4. The zero-order valence-corrected chi connectivity index (χ0v) is 9.36. The van der Waals surface area contributed by atoms with Gasteiger partial charge in [0.15, 0.2) is 0 Å². The minimum Gasteiger partial charge on any atom is -0.258 e. The van der Waals surface area contributed by atoms with Gasteiger partial charge in [0.2, 0.25) is 0 Å². The van der Waals surface area contributed by atoms with E-state index in [9.17, 15) is 20.2 Å². The van der Waals surface area contributed by atoms with Gasteiger partial charge in [0, 0.05) is 18.0 Å². The van der Waals surface area contributed by atoms with Crippen molar-refractivity contribution in [1.82, 2.24) is 0 Å². The number of benzene rings is 1. The van der Waals surface area contributed by atoms with Crippen molar-refractivity contribution in [2.45, 2.75) is 11.8 Å². The third-order valence-electron chi connectivity index (χ3n) is 1.94. The second kappa shape index (κ2) is 5.09. The molecular weight excluding hydrogens is 259 g/mol. The first-order valence-corrected chi connectivity index (χ1v) is 5.14. The summed E-state index contributed by atoms with van der Waals surface area (Å²) in [6, 6.07) is 2.38. The van der Waals surface area contributed by atoms with E-state index in [0.717, 1.165) is 0 Å². The summed E-state index contributed by atoms with van der Waals surface area (Å²) in [7, 11) is 0. The zero-order valence-electron chi connectivity index (χ0n) is 7.85. The normalized spacial score (nSPS) is 10.1. The van der Waals surface area contributed by atoms with Crippen molar-refractivity contribution in [3.8, 4) is 0 Å². The molecule has 8 heteroatoms. The number of alkyl halides is 2. The predicted molar refractivity (Wildman–Crippen MR) is 58.9 cm³/mol. The minimum atomic E-state index is -0.708. The van der Waals surface area contributed by atoms with Crippen LogP contribution < -0.4 is 0 Å². The Hall–Kier alpha value is -1.40. The Balaban J connectivity index is 3.52. The highest BCUT2D eigenvalue weighted by molar-refractivity contribution is 6.18. The van der Waals surface area contributed by atoms with E-state index in [1.54, 1.807) is 0 Å². The molecule has 0 spiro atoms. The van der Waals surface area contributed by atoms with Crippen LogP contribution in [-0.2, 0) is 11.8 Å². The molecule has 0 saturated carbocycles. The number of nitro benzene ring substituents is 2. The molecule has 0 fully saturated rings. The summed E-state index contributed by atoms with van der Waals surface area (Å²) in [6.45, 7) is 0. The van der Waals surface area contributed by atoms with Crippen molar-refractivity contribution in [3.63, 3.8) is 0 Å². The van der Waals surface area contributed by atoms with Crippen molar-refractivity contribution in [3.05, 3.63) is 43.5 Å². The first-order valence-electron chi connectivity index (χ1n) is 4.07. The summed E-state index contributed by atoms with van der Waals surface area (Å²) in [5.41, 5.74) is -0.542. The van der Waals surface area contributed by atoms with Crippen LogP contribution in [0.25, 0.3) is 0 Å². The van der Waals surface area contributed by atoms with Crippen LogP contribution in [0.3, 0.4) is 0 Å². The molecule has 1 aromatic rings. The molecule has 6 nitrogen and oxygen atoms in total. The largest absolute Gasteiger partial charge is 0.281 e. The molecule has 1 rings (SSSR count). The fourth-order valence-electron chi connectivity index (χ4n) is 1.24. The molecule has 0 aromatic heterocycles. The van der Waals surface area contributed by atoms with E-state index < -0.39 is 9.85 Å². The fourth-order valence-corrected chi connectivity index (χ4v) is 1.67. The Kier molecular flexibility index (Phi) is 4.03. The molecule has 1 aromatic carbocycles. The van der Waals surface area contributed by atoms with Crippen molar-refractivity contribution < 1.29 is 9.85 Å². The number of hydrogen-bond acceptors (Lipinski definition) is 4. The lowest BCUT2D eigenvalue weighted by molar-refractivity contribution is -0.395. The van der Waals surface area contributed by atoms with Crippen molar-refractivity contribution in [1.29, 1.82) is 0 Å². The van der Waals surface area contributed by atoms with Gasteiger partial charge in [-0.25, -0.2) is 0 Å². The summed E-state index contributed by atoms with van der Waals surface area (Å²) in [5, 5.41) is 21.4. The highest BCUT2D eigenvalue weighted by Crippen LogP contribution is 2.32. The molecule has 0 amide bonds. The maximum atomic E-state index is 10.7. The third-order valence-corrected chi connectivity index (χ3v) is 2.52. The van der Waals surface area contributed by atoms with Gasteiger partial charge in [-0.2, -0.15) is 0 Å². The van der Waals surface area contributed by atoms with E-state index in [0.29, 0.717) is 5.56 Å². The van der Waals surface area contributed by atoms with E-state index in [4.69, 9.17) is 23.2 Å². The van der Waals surface area contributed by atoms with Gasteiger partial charge >= 0.3 is 0 Å². The van der Waals surface area contributed by atoms with Crippen LogP contribution in [0.2, 0.25) is 0 Å².